The molecular weight excluding hydrogens is 356 g/mol. The smallest absolute Gasteiger partial charge is 0.262 e. The Bertz CT molecular complexity index is 1030. The first-order valence-electron chi connectivity index (χ1n) is 8.71. The molecule has 1 aliphatic heterocycles. The largest absolute Gasteiger partial charge is 0.322 e. The van der Waals surface area contributed by atoms with E-state index >= 15 is 0 Å². The summed E-state index contributed by atoms with van der Waals surface area (Å²) in [5.41, 5.74) is 1.86. The van der Waals surface area contributed by atoms with E-state index in [4.69, 9.17) is 0 Å². The predicted octanol–water partition coefficient (Wildman–Crippen LogP) is 2.77. The summed E-state index contributed by atoms with van der Waals surface area (Å²) >= 11 is 0. The van der Waals surface area contributed by atoms with Gasteiger partial charge in [0.2, 0.25) is 5.91 Å². The van der Waals surface area contributed by atoms with Crippen molar-refractivity contribution in [3.8, 4) is 11.4 Å². The number of anilines is 1. The number of fused-ring (bicyclic) bond motifs is 1. The predicted molar refractivity (Wildman–Crippen MR) is 103 cm³/mol. The van der Waals surface area contributed by atoms with Gasteiger partial charge in [-0.1, -0.05) is 42.5 Å². The minimum absolute atomic E-state index is 0.308. The molecule has 2 heterocycles. The van der Waals surface area contributed by atoms with Gasteiger partial charge in [0, 0.05) is 5.56 Å². The molecule has 138 valence electrons. The summed E-state index contributed by atoms with van der Waals surface area (Å²) < 4.78 is 0. The summed E-state index contributed by atoms with van der Waals surface area (Å²) in [6.45, 7) is 1.51. The molecule has 2 aromatic carbocycles. The van der Waals surface area contributed by atoms with Crippen LogP contribution in [0.25, 0.3) is 11.4 Å². The second-order valence-corrected chi connectivity index (χ2v) is 6.35. The number of carbonyl (C=O) groups excluding carboxylic acids is 3. The van der Waals surface area contributed by atoms with Crippen molar-refractivity contribution in [1.29, 1.82) is 0 Å². The molecule has 7 nitrogen and oxygen atoms in total. The summed E-state index contributed by atoms with van der Waals surface area (Å²) in [4.78, 5) is 47.1. The number of hydrogen-bond donors (Lipinski definition) is 1. The van der Waals surface area contributed by atoms with Crippen molar-refractivity contribution in [1.82, 2.24) is 14.9 Å². The molecule has 1 N–H and O–H groups in total. The van der Waals surface area contributed by atoms with Gasteiger partial charge in [-0.05, 0) is 19.1 Å². The Morgan fingerprint density at radius 3 is 2.00 bits per heavy atom. The second kappa shape index (κ2) is 7.03. The van der Waals surface area contributed by atoms with Gasteiger partial charge in [0.15, 0.2) is 5.82 Å². The fourth-order valence-corrected chi connectivity index (χ4v) is 3.05. The molecule has 1 atom stereocenters. The topological polar surface area (TPSA) is 92.3 Å². The lowest BCUT2D eigenvalue weighted by Gasteiger charge is -2.21. The molecule has 7 heteroatoms. The Labute approximate surface area is 161 Å². The fraction of sp³-hybridized carbons (Fsp3) is 0.0952. The van der Waals surface area contributed by atoms with Crippen LogP contribution in [0.15, 0.2) is 67.0 Å². The van der Waals surface area contributed by atoms with Crippen molar-refractivity contribution < 1.29 is 14.4 Å². The minimum atomic E-state index is -0.971. The molecule has 0 saturated carbocycles. The van der Waals surface area contributed by atoms with Gasteiger partial charge < -0.3 is 5.32 Å². The molecular formula is C21H16N4O3. The quantitative estimate of drug-likeness (QED) is 0.711. The molecule has 1 aromatic heterocycles. The highest BCUT2D eigenvalue weighted by Gasteiger charge is 2.40. The monoisotopic (exact) mass is 372 g/mol. The summed E-state index contributed by atoms with van der Waals surface area (Å²) in [7, 11) is 0. The van der Waals surface area contributed by atoms with Crippen LogP contribution in [0.2, 0.25) is 0 Å². The van der Waals surface area contributed by atoms with E-state index in [0.29, 0.717) is 22.6 Å². The first kappa shape index (κ1) is 17.5. The molecule has 0 spiro atoms. The minimum Gasteiger partial charge on any atom is -0.322 e. The zero-order valence-corrected chi connectivity index (χ0v) is 15.0. The molecule has 0 aliphatic carbocycles. The van der Waals surface area contributed by atoms with Gasteiger partial charge in [0.05, 0.1) is 29.2 Å². The van der Waals surface area contributed by atoms with E-state index in [1.807, 2.05) is 30.3 Å². The third kappa shape index (κ3) is 3.03. The summed E-state index contributed by atoms with van der Waals surface area (Å²) in [6, 6.07) is 15.0. The van der Waals surface area contributed by atoms with E-state index in [1.54, 1.807) is 24.3 Å². The average molecular weight is 372 g/mol. The number of amides is 3. The summed E-state index contributed by atoms with van der Waals surface area (Å²) in [6.07, 6.45) is 2.98. The fourth-order valence-electron chi connectivity index (χ4n) is 3.05. The van der Waals surface area contributed by atoms with E-state index in [1.165, 1.54) is 19.3 Å². The molecule has 3 aromatic rings. The molecule has 1 aliphatic rings. The number of hydrogen-bond acceptors (Lipinski definition) is 5. The Morgan fingerprint density at radius 2 is 1.43 bits per heavy atom. The van der Waals surface area contributed by atoms with Crippen LogP contribution in [0.3, 0.4) is 0 Å². The van der Waals surface area contributed by atoms with Gasteiger partial charge in [-0.25, -0.2) is 9.97 Å². The number of benzene rings is 2. The van der Waals surface area contributed by atoms with Crippen LogP contribution < -0.4 is 5.32 Å². The van der Waals surface area contributed by atoms with Crippen molar-refractivity contribution in [2.45, 2.75) is 13.0 Å². The number of nitrogens with zero attached hydrogens (tertiary/aromatic N) is 3. The maximum atomic E-state index is 12.6. The lowest BCUT2D eigenvalue weighted by Crippen LogP contribution is -2.45. The van der Waals surface area contributed by atoms with E-state index in [-0.39, 0.29) is 0 Å². The van der Waals surface area contributed by atoms with Gasteiger partial charge >= 0.3 is 0 Å². The maximum absolute atomic E-state index is 12.6. The SMILES string of the molecule is CC(C(=O)Nc1cnc(-c2ccccc2)nc1)N1C(=O)c2ccccc2C1=O. The number of nitrogens with one attached hydrogen (secondary N) is 1. The molecule has 0 radical (unpaired) electrons. The number of imide groups is 1. The highest BCUT2D eigenvalue weighted by molar-refractivity contribution is 6.23. The van der Waals surface area contributed by atoms with Crippen molar-refractivity contribution in [2.24, 2.45) is 0 Å². The van der Waals surface area contributed by atoms with Crippen molar-refractivity contribution >= 4 is 23.4 Å². The molecule has 28 heavy (non-hydrogen) atoms. The van der Waals surface area contributed by atoms with Gasteiger partial charge in [-0.3, -0.25) is 19.3 Å². The van der Waals surface area contributed by atoms with E-state index in [0.717, 1.165) is 10.5 Å². The molecule has 4 rings (SSSR count). The Balaban J connectivity index is 1.48. The normalized spacial score (nSPS) is 14.0. The third-order valence-corrected chi connectivity index (χ3v) is 4.54. The van der Waals surface area contributed by atoms with E-state index in [9.17, 15) is 14.4 Å². The number of carbonyl (C=O) groups is 3. The molecule has 0 saturated heterocycles. The highest BCUT2D eigenvalue weighted by atomic mass is 16.2. The van der Waals surface area contributed by atoms with Crippen molar-refractivity contribution in [2.75, 3.05) is 5.32 Å². The van der Waals surface area contributed by atoms with Crippen LogP contribution in [-0.2, 0) is 4.79 Å². The molecule has 0 bridgehead atoms. The van der Waals surface area contributed by atoms with Crippen LogP contribution in [0, 0.1) is 0 Å². The van der Waals surface area contributed by atoms with Crippen molar-refractivity contribution in [3.05, 3.63) is 78.1 Å². The molecule has 0 fully saturated rings. The van der Waals surface area contributed by atoms with Gasteiger partial charge in [-0.2, -0.15) is 0 Å². The Morgan fingerprint density at radius 1 is 0.893 bits per heavy atom. The molecule has 3 amide bonds. The zero-order valence-electron chi connectivity index (χ0n) is 15.0. The highest BCUT2D eigenvalue weighted by Crippen LogP contribution is 2.25. The second-order valence-electron chi connectivity index (χ2n) is 6.35. The van der Waals surface area contributed by atoms with E-state index in [2.05, 4.69) is 15.3 Å². The summed E-state index contributed by atoms with van der Waals surface area (Å²) in [5, 5.41) is 2.66. The Hall–Kier alpha value is -3.87. The lowest BCUT2D eigenvalue weighted by atomic mass is 10.1. The van der Waals surface area contributed by atoms with Crippen LogP contribution in [0.4, 0.5) is 5.69 Å². The first-order valence-corrected chi connectivity index (χ1v) is 8.71. The van der Waals surface area contributed by atoms with Crippen LogP contribution in [-0.4, -0.2) is 38.6 Å². The Kier molecular flexibility index (Phi) is 4.41. The number of aromatic nitrogens is 2. The molecule has 1 unspecified atom stereocenters. The lowest BCUT2D eigenvalue weighted by molar-refractivity contribution is -0.119. The standard InChI is InChI=1S/C21H16N4O3/c1-13(25-20(27)16-9-5-6-10-17(16)21(25)28)19(26)24-15-11-22-18(23-12-15)14-7-3-2-4-8-14/h2-13H,1H3,(H,24,26). The van der Waals surface area contributed by atoms with Crippen LogP contribution >= 0.6 is 0 Å². The van der Waals surface area contributed by atoms with Crippen LogP contribution in [0.1, 0.15) is 27.6 Å². The van der Waals surface area contributed by atoms with Gasteiger partial charge in [-0.15, -0.1) is 0 Å². The van der Waals surface area contributed by atoms with E-state index < -0.39 is 23.8 Å². The van der Waals surface area contributed by atoms with Gasteiger partial charge in [0.25, 0.3) is 11.8 Å². The van der Waals surface area contributed by atoms with Gasteiger partial charge in [0.1, 0.15) is 6.04 Å². The first-order chi connectivity index (χ1) is 13.6. The average Bonchev–Trinajstić information content (AvgIpc) is 2.99. The maximum Gasteiger partial charge on any atom is 0.262 e. The van der Waals surface area contributed by atoms with Crippen molar-refractivity contribution in [3.63, 3.8) is 0 Å². The third-order valence-electron chi connectivity index (χ3n) is 4.54. The number of rotatable bonds is 4. The van der Waals surface area contributed by atoms with Crippen LogP contribution in [0.5, 0.6) is 0 Å². The summed E-state index contributed by atoms with van der Waals surface area (Å²) in [5.74, 6) is -0.907. The zero-order chi connectivity index (χ0) is 19.7.